The van der Waals surface area contributed by atoms with Gasteiger partial charge in [0, 0.05) is 88.7 Å². The summed E-state index contributed by atoms with van der Waals surface area (Å²) >= 11 is 0. The van der Waals surface area contributed by atoms with E-state index in [-0.39, 0.29) is 96.1 Å². The minimum absolute atomic E-state index is 0. The first kappa shape index (κ1) is 28.0. The van der Waals surface area contributed by atoms with E-state index in [1.54, 1.807) is 0 Å². The molecular formula is CH4Na3. The van der Waals surface area contributed by atoms with E-state index in [1.807, 2.05) is 0 Å². The molecule has 0 atom stereocenters. The molecule has 0 saturated carbocycles. The molecule has 0 aromatic rings. The van der Waals surface area contributed by atoms with E-state index in [9.17, 15) is 0 Å². The predicted octanol–water partition coefficient (Wildman–Crippen LogP) is -0.506. The standard InChI is InChI=1S/CH4.3Na/h1H4;;;. The average Bonchev–Trinajstić information content (AvgIpc) is 0. The van der Waals surface area contributed by atoms with Gasteiger partial charge in [-0.25, -0.2) is 0 Å². The maximum atomic E-state index is 0. The Hall–Kier alpha value is 3.00. The zero-order valence-electron chi connectivity index (χ0n) is 3.00. The normalized spacial score (nSPS) is 0. The summed E-state index contributed by atoms with van der Waals surface area (Å²) < 4.78 is 0. The molecule has 11 valence electrons. The van der Waals surface area contributed by atoms with E-state index in [1.165, 1.54) is 0 Å². The van der Waals surface area contributed by atoms with Crippen LogP contribution in [0.25, 0.3) is 0 Å². The summed E-state index contributed by atoms with van der Waals surface area (Å²) in [5.74, 6) is 0. The van der Waals surface area contributed by atoms with Crippen LogP contribution in [0.3, 0.4) is 0 Å². The topological polar surface area (TPSA) is 0 Å². The van der Waals surface area contributed by atoms with Crippen molar-refractivity contribution in [3.8, 4) is 0 Å². The molecule has 0 aromatic carbocycles. The molecule has 0 amide bonds. The maximum absolute atomic E-state index is 0. The van der Waals surface area contributed by atoms with Crippen LogP contribution < -0.4 is 0 Å². The van der Waals surface area contributed by atoms with E-state index in [2.05, 4.69) is 0 Å². The van der Waals surface area contributed by atoms with Gasteiger partial charge in [-0.3, -0.25) is 0 Å². The van der Waals surface area contributed by atoms with Crippen molar-refractivity contribution in [2.75, 3.05) is 0 Å². The summed E-state index contributed by atoms with van der Waals surface area (Å²) in [4.78, 5) is 0. The van der Waals surface area contributed by atoms with E-state index in [4.69, 9.17) is 0 Å². The monoisotopic (exact) mass is 85.0 g/mol. The quantitative estimate of drug-likeness (QED) is 0.348. The molecule has 0 heterocycles. The van der Waals surface area contributed by atoms with Crippen molar-refractivity contribution in [1.29, 1.82) is 0 Å². The second-order valence-corrected chi connectivity index (χ2v) is 0. The molecule has 0 rings (SSSR count). The fourth-order valence-corrected chi connectivity index (χ4v) is 0. The van der Waals surface area contributed by atoms with Crippen molar-refractivity contribution in [3.63, 3.8) is 0 Å². The Bertz CT molecular complexity index is 3.25. The summed E-state index contributed by atoms with van der Waals surface area (Å²) in [5, 5.41) is 0. The first-order valence-electron chi connectivity index (χ1n) is 0. The second kappa shape index (κ2) is 16.7. The largest absolute Gasteiger partial charge is 0.0776 e. The Balaban J connectivity index is 0. The van der Waals surface area contributed by atoms with E-state index in [0.29, 0.717) is 0 Å². The van der Waals surface area contributed by atoms with Crippen molar-refractivity contribution < 1.29 is 0 Å². The van der Waals surface area contributed by atoms with Gasteiger partial charge in [-0.2, -0.15) is 0 Å². The van der Waals surface area contributed by atoms with Gasteiger partial charge in [0.25, 0.3) is 0 Å². The van der Waals surface area contributed by atoms with Crippen LogP contribution >= 0.6 is 0 Å². The molecule has 0 N–H and O–H groups in total. The van der Waals surface area contributed by atoms with Crippen LogP contribution in [-0.4, -0.2) is 88.7 Å². The van der Waals surface area contributed by atoms with Crippen LogP contribution in [0.1, 0.15) is 7.43 Å². The Kier molecular flexibility index (Phi) is 117. The molecule has 0 aliphatic rings. The summed E-state index contributed by atoms with van der Waals surface area (Å²) in [5.41, 5.74) is 0. The minimum Gasteiger partial charge on any atom is -0.0776 e. The summed E-state index contributed by atoms with van der Waals surface area (Å²) in [6, 6.07) is 0. The van der Waals surface area contributed by atoms with Crippen LogP contribution in [0.2, 0.25) is 0 Å². The van der Waals surface area contributed by atoms with Gasteiger partial charge in [-0.1, -0.05) is 7.43 Å². The van der Waals surface area contributed by atoms with Gasteiger partial charge >= 0.3 is 0 Å². The minimum atomic E-state index is 0. The van der Waals surface area contributed by atoms with Gasteiger partial charge < -0.3 is 0 Å². The van der Waals surface area contributed by atoms with Gasteiger partial charge in [0.1, 0.15) is 0 Å². The molecule has 0 spiro atoms. The molecule has 0 fully saturated rings. The predicted molar refractivity (Wildman–Crippen MR) is 24.0 cm³/mol. The van der Waals surface area contributed by atoms with Crippen molar-refractivity contribution >= 4 is 88.7 Å². The first-order chi connectivity index (χ1) is 0. The van der Waals surface area contributed by atoms with Crippen LogP contribution in [0, 0.1) is 0 Å². The Morgan fingerprint density at radius 1 is 0.500 bits per heavy atom. The fraction of sp³-hybridized carbons (Fsp3) is 1.00. The zero-order valence-corrected chi connectivity index (χ0v) is 9.00. The number of hydrogen-bond donors (Lipinski definition) is 0. The van der Waals surface area contributed by atoms with Gasteiger partial charge in [0.05, 0.1) is 0 Å². The summed E-state index contributed by atoms with van der Waals surface area (Å²) in [7, 11) is 0. The molecule has 3 heteroatoms. The van der Waals surface area contributed by atoms with Gasteiger partial charge in [-0.05, 0) is 0 Å². The average molecular weight is 85.0 g/mol. The molecule has 3 radical (unpaired) electrons. The Morgan fingerprint density at radius 3 is 0.500 bits per heavy atom. The molecule has 4 heavy (non-hydrogen) atoms. The smallest absolute Gasteiger partial charge is 0 e. The molecule has 0 nitrogen and oxygen atoms in total. The molecule has 0 aliphatic carbocycles. The van der Waals surface area contributed by atoms with Gasteiger partial charge in [-0.15, -0.1) is 0 Å². The molecule has 0 aromatic heterocycles. The number of hydrogen-bond acceptors (Lipinski definition) is 0. The van der Waals surface area contributed by atoms with E-state index >= 15 is 0 Å². The summed E-state index contributed by atoms with van der Waals surface area (Å²) in [6.07, 6.45) is 0. The molecule has 0 aliphatic heterocycles. The molecular weight excluding hydrogens is 81.0 g/mol. The summed E-state index contributed by atoms with van der Waals surface area (Å²) in [6.45, 7) is 0. The zero-order chi connectivity index (χ0) is 0. The Labute approximate surface area is 94.0 Å². The SMILES string of the molecule is C.[Na].[Na].[Na]. The van der Waals surface area contributed by atoms with E-state index < -0.39 is 0 Å². The molecule has 0 saturated heterocycles. The van der Waals surface area contributed by atoms with Crippen molar-refractivity contribution in [3.05, 3.63) is 0 Å². The van der Waals surface area contributed by atoms with Crippen LogP contribution in [-0.2, 0) is 0 Å². The third-order valence-electron chi connectivity index (χ3n) is 0. The van der Waals surface area contributed by atoms with Gasteiger partial charge in [0.2, 0.25) is 0 Å². The third-order valence-corrected chi connectivity index (χ3v) is 0. The fourth-order valence-electron chi connectivity index (χ4n) is 0. The maximum Gasteiger partial charge on any atom is 0 e. The van der Waals surface area contributed by atoms with E-state index in [0.717, 1.165) is 0 Å². The first-order valence-corrected chi connectivity index (χ1v) is 0. The second-order valence-electron chi connectivity index (χ2n) is 0. The Morgan fingerprint density at radius 2 is 0.500 bits per heavy atom. The van der Waals surface area contributed by atoms with Crippen molar-refractivity contribution in [2.24, 2.45) is 0 Å². The third kappa shape index (κ3) is 8.89. The van der Waals surface area contributed by atoms with Gasteiger partial charge in [0.15, 0.2) is 0 Å². The number of rotatable bonds is 0. The van der Waals surface area contributed by atoms with Crippen molar-refractivity contribution in [1.82, 2.24) is 0 Å². The van der Waals surface area contributed by atoms with Crippen LogP contribution in [0.4, 0.5) is 0 Å². The van der Waals surface area contributed by atoms with Crippen molar-refractivity contribution in [2.45, 2.75) is 7.43 Å². The molecule has 0 unspecified atom stereocenters. The molecule has 0 bridgehead atoms. The van der Waals surface area contributed by atoms with Crippen LogP contribution in [0.5, 0.6) is 0 Å². The van der Waals surface area contributed by atoms with Crippen LogP contribution in [0.15, 0.2) is 0 Å².